The summed E-state index contributed by atoms with van der Waals surface area (Å²) in [7, 11) is 0.907. The van der Waals surface area contributed by atoms with E-state index in [1.807, 2.05) is 53.7 Å². The minimum atomic E-state index is -0.659. The van der Waals surface area contributed by atoms with Gasteiger partial charge in [0, 0.05) is 12.5 Å². The molecule has 5 atom stereocenters. The number of hydrogen-bond acceptors (Lipinski definition) is 8. The highest BCUT2D eigenvalue weighted by Crippen LogP contribution is 2.65. The van der Waals surface area contributed by atoms with E-state index in [0.717, 1.165) is 50.5 Å². The van der Waals surface area contributed by atoms with E-state index < -0.39 is 35.8 Å². The molecule has 1 aromatic carbocycles. The zero-order valence-electron chi connectivity index (χ0n) is 31.4. The zero-order chi connectivity index (χ0) is 35.9. The number of nitrogens with one attached hydrogen (secondary N) is 2. The van der Waals surface area contributed by atoms with Crippen LogP contribution in [0.25, 0.3) is 0 Å². The number of amides is 2. The van der Waals surface area contributed by atoms with Gasteiger partial charge < -0.3 is 34.2 Å². The van der Waals surface area contributed by atoms with Gasteiger partial charge in [0.05, 0.1) is 24.8 Å². The number of esters is 1. The molecule has 1 aromatic rings. The lowest BCUT2D eigenvalue weighted by molar-refractivity contribution is -0.199. The molecule has 272 valence electrons. The number of para-hydroxylation sites is 1. The normalized spacial score (nSPS) is 29.6. The fraction of sp³-hybridized carbons (Fsp3) is 0.763. The van der Waals surface area contributed by atoms with Gasteiger partial charge in [0.15, 0.2) is 0 Å². The van der Waals surface area contributed by atoms with Crippen molar-refractivity contribution in [2.24, 2.45) is 23.2 Å². The summed E-state index contributed by atoms with van der Waals surface area (Å²) < 4.78 is 30.4. The van der Waals surface area contributed by atoms with Crippen LogP contribution in [0.1, 0.15) is 130 Å². The summed E-state index contributed by atoms with van der Waals surface area (Å²) in [6.07, 6.45) is 6.79. The van der Waals surface area contributed by atoms with Crippen LogP contribution in [-0.2, 0) is 30.0 Å². The van der Waals surface area contributed by atoms with Crippen molar-refractivity contribution in [3.8, 4) is 5.75 Å². The van der Waals surface area contributed by atoms with Crippen molar-refractivity contribution < 1.29 is 37.9 Å². The highest BCUT2D eigenvalue weighted by atomic mass is 16.7. The van der Waals surface area contributed by atoms with Gasteiger partial charge in [0.25, 0.3) is 0 Å². The van der Waals surface area contributed by atoms with Crippen LogP contribution < -0.4 is 15.4 Å². The Balaban J connectivity index is 1.26. The van der Waals surface area contributed by atoms with Gasteiger partial charge in [-0.3, -0.25) is 4.79 Å². The maximum atomic E-state index is 13.6. The summed E-state index contributed by atoms with van der Waals surface area (Å²) >= 11 is 0. The van der Waals surface area contributed by atoms with Gasteiger partial charge in [-0.2, -0.15) is 0 Å². The third-order valence-electron chi connectivity index (χ3n) is 11.4. The molecule has 5 aliphatic rings. The van der Waals surface area contributed by atoms with E-state index >= 15 is 0 Å². The SMILES string of the molecule is COc1c(C[C@H](NC(=O)CCC2CCC(NC(=O)OC(C)(C)C)CC2)B2OC3CC4CC(C4(C)C)C3(C)O2)cccc1C(=O)OC(C)(C)C. The molecule has 2 bridgehead atoms. The minimum absolute atomic E-state index is 0.0341. The predicted molar refractivity (Wildman–Crippen MR) is 188 cm³/mol. The van der Waals surface area contributed by atoms with E-state index in [4.69, 9.17) is 23.5 Å². The second kappa shape index (κ2) is 14.1. The lowest BCUT2D eigenvalue weighted by Crippen LogP contribution is -2.65. The largest absolute Gasteiger partial charge is 0.496 e. The van der Waals surface area contributed by atoms with Crippen molar-refractivity contribution in [3.63, 3.8) is 0 Å². The molecular formula is C38H59BN2O8. The van der Waals surface area contributed by atoms with E-state index in [1.165, 1.54) is 0 Å². The molecule has 1 heterocycles. The Morgan fingerprint density at radius 1 is 0.980 bits per heavy atom. The van der Waals surface area contributed by atoms with Gasteiger partial charge in [-0.25, -0.2) is 9.59 Å². The lowest BCUT2D eigenvalue weighted by atomic mass is 9.43. The molecular weight excluding hydrogens is 623 g/mol. The Labute approximate surface area is 293 Å². The number of methoxy groups -OCH3 is 1. The van der Waals surface area contributed by atoms with Crippen LogP contribution in [0, 0.1) is 23.2 Å². The van der Waals surface area contributed by atoms with Crippen LogP contribution in [0.3, 0.4) is 0 Å². The van der Waals surface area contributed by atoms with Crippen LogP contribution in [0.5, 0.6) is 5.75 Å². The summed E-state index contributed by atoms with van der Waals surface area (Å²) in [6.45, 7) is 17.9. The topological polar surface area (TPSA) is 121 Å². The van der Waals surface area contributed by atoms with Crippen LogP contribution in [0.15, 0.2) is 18.2 Å². The van der Waals surface area contributed by atoms with Crippen molar-refractivity contribution >= 4 is 25.1 Å². The number of hydrogen-bond donors (Lipinski definition) is 2. The molecule has 2 amide bonds. The third kappa shape index (κ3) is 8.58. The lowest BCUT2D eigenvalue weighted by Gasteiger charge is -2.64. The highest BCUT2D eigenvalue weighted by molar-refractivity contribution is 6.48. The summed E-state index contributed by atoms with van der Waals surface area (Å²) in [5, 5.41) is 6.28. The molecule has 5 fully saturated rings. The molecule has 0 radical (unpaired) electrons. The average molecular weight is 683 g/mol. The number of carbonyl (C=O) groups is 3. The first-order valence-electron chi connectivity index (χ1n) is 18.3. The van der Waals surface area contributed by atoms with Gasteiger partial charge in [0.2, 0.25) is 5.91 Å². The fourth-order valence-corrected chi connectivity index (χ4v) is 8.69. The van der Waals surface area contributed by atoms with Gasteiger partial charge >= 0.3 is 19.2 Å². The molecule has 0 aromatic heterocycles. The van der Waals surface area contributed by atoms with Crippen molar-refractivity contribution in [2.75, 3.05) is 7.11 Å². The first-order chi connectivity index (χ1) is 22.8. The van der Waals surface area contributed by atoms with Gasteiger partial charge in [-0.05, 0) is 135 Å². The predicted octanol–water partition coefficient (Wildman–Crippen LogP) is 6.81. The van der Waals surface area contributed by atoms with E-state index in [2.05, 4.69) is 31.4 Å². The van der Waals surface area contributed by atoms with Crippen LogP contribution in [0.2, 0.25) is 0 Å². The zero-order valence-corrected chi connectivity index (χ0v) is 31.4. The van der Waals surface area contributed by atoms with Gasteiger partial charge in [-0.1, -0.05) is 26.0 Å². The number of alkyl carbamates (subject to hydrolysis) is 1. The van der Waals surface area contributed by atoms with E-state index in [1.54, 1.807) is 13.2 Å². The Kier molecular flexibility index (Phi) is 10.8. The minimum Gasteiger partial charge on any atom is -0.496 e. The first kappa shape index (κ1) is 37.5. The van der Waals surface area contributed by atoms with Crippen LogP contribution >= 0.6 is 0 Å². The Morgan fingerprint density at radius 3 is 2.27 bits per heavy atom. The van der Waals surface area contributed by atoms with Crippen LogP contribution in [-0.4, -0.2) is 67.1 Å². The number of benzene rings is 1. The molecule has 4 saturated carbocycles. The number of rotatable bonds is 10. The first-order valence-corrected chi connectivity index (χ1v) is 18.3. The van der Waals surface area contributed by atoms with E-state index in [9.17, 15) is 14.4 Å². The van der Waals surface area contributed by atoms with Crippen molar-refractivity contribution in [3.05, 3.63) is 29.3 Å². The molecule has 4 aliphatic carbocycles. The molecule has 0 spiro atoms. The summed E-state index contributed by atoms with van der Waals surface area (Å²) in [6, 6.07) is 5.53. The number of carbonyl (C=O) groups excluding carboxylic acids is 3. The molecule has 1 aliphatic heterocycles. The maximum absolute atomic E-state index is 13.6. The molecule has 11 heteroatoms. The Morgan fingerprint density at radius 2 is 1.65 bits per heavy atom. The second-order valence-electron chi connectivity index (χ2n) is 17.6. The standard InChI is InChI=1S/C38H59BN2O8/c1-35(2,3)46-33(43)27-13-11-12-24(32(27)45-10)20-30(39-48-29-22-25-21-28(37(25,7)8)38(29,9)49-39)41-31(42)19-16-23-14-17-26(18-15-23)40-34(44)47-36(4,5)6/h11-13,23,25-26,28-30H,14-22H2,1-10H3,(H,40,44)(H,41,42)/t23?,25?,26?,28?,29?,30-,38?/m0/s1. The second-order valence-corrected chi connectivity index (χ2v) is 17.6. The molecule has 1 saturated heterocycles. The third-order valence-corrected chi connectivity index (χ3v) is 11.4. The van der Waals surface area contributed by atoms with Crippen molar-refractivity contribution in [2.45, 2.75) is 155 Å². The van der Waals surface area contributed by atoms with Crippen molar-refractivity contribution in [1.82, 2.24) is 10.6 Å². The fourth-order valence-electron chi connectivity index (χ4n) is 8.69. The number of ether oxygens (including phenoxy) is 3. The Bertz CT molecular complexity index is 1380. The monoisotopic (exact) mass is 682 g/mol. The van der Waals surface area contributed by atoms with Gasteiger partial charge in [-0.15, -0.1) is 0 Å². The molecule has 10 nitrogen and oxygen atoms in total. The summed E-state index contributed by atoms with van der Waals surface area (Å²) in [4.78, 5) is 39.0. The average Bonchev–Trinajstić information content (AvgIpc) is 3.35. The molecule has 6 rings (SSSR count). The van der Waals surface area contributed by atoms with Crippen molar-refractivity contribution in [1.29, 1.82) is 0 Å². The summed E-state index contributed by atoms with van der Waals surface area (Å²) in [5.74, 6) is 0.807. The molecule has 4 unspecified atom stereocenters. The quantitative estimate of drug-likeness (QED) is 0.204. The van der Waals surface area contributed by atoms with E-state index in [-0.39, 0.29) is 29.6 Å². The smallest absolute Gasteiger partial charge is 0.482 e. The van der Waals surface area contributed by atoms with E-state index in [0.29, 0.717) is 41.9 Å². The summed E-state index contributed by atoms with van der Waals surface area (Å²) in [5.41, 5.74) is -0.319. The highest BCUT2D eigenvalue weighted by Gasteiger charge is 2.68. The van der Waals surface area contributed by atoms with Crippen LogP contribution in [0.4, 0.5) is 4.79 Å². The molecule has 49 heavy (non-hydrogen) atoms. The van der Waals surface area contributed by atoms with Gasteiger partial charge in [0.1, 0.15) is 22.5 Å². The molecule has 2 N–H and O–H groups in total. The Hall–Kier alpha value is -2.79. The maximum Gasteiger partial charge on any atom is 0.482 e.